The summed E-state index contributed by atoms with van der Waals surface area (Å²) < 4.78 is 40.0. The van der Waals surface area contributed by atoms with Gasteiger partial charge in [-0.15, -0.1) is 11.3 Å². The quantitative estimate of drug-likeness (QED) is 0.821. The van der Waals surface area contributed by atoms with Crippen molar-refractivity contribution >= 4 is 21.4 Å². The molecule has 0 radical (unpaired) electrons. The van der Waals surface area contributed by atoms with Gasteiger partial charge in [0.2, 0.25) is 10.0 Å². The molecule has 114 valence electrons. The molecule has 2 aromatic rings. The van der Waals surface area contributed by atoms with Gasteiger partial charge in [-0.2, -0.15) is 0 Å². The molecule has 7 heteroatoms. The van der Waals surface area contributed by atoms with E-state index in [0.29, 0.717) is 17.0 Å². The Kier molecular flexibility index (Phi) is 5.46. The summed E-state index contributed by atoms with van der Waals surface area (Å²) in [5.74, 6) is -0.340. The number of hydrogen-bond donors (Lipinski definition) is 2. The van der Waals surface area contributed by atoms with Crippen LogP contribution in [0.1, 0.15) is 17.4 Å². The first-order valence-corrected chi connectivity index (χ1v) is 8.90. The van der Waals surface area contributed by atoms with Crippen LogP contribution in [0.25, 0.3) is 0 Å². The molecule has 0 atom stereocenters. The molecule has 0 saturated heterocycles. The summed E-state index contributed by atoms with van der Waals surface area (Å²) in [4.78, 5) is 1.08. The van der Waals surface area contributed by atoms with Gasteiger partial charge in [0, 0.05) is 18.0 Å². The summed E-state index contributed by atoms with van der Waals surface area (Å²) >= 11 is 1.41. The summed E-state index contributed by atoms with van der Waals surface area (Å²) in [5, 5.41) is 4.88. The van der Waals surface area contributed by atoms with Crippen molar-refractivity contribution < 1.29 is 12.8 Å². The van der Waals surface area contributed by atoms with Crippen LogP contribution in [0.5, 0.6) is 0 Å². The van der Waals surface area contributed by atoms with Crippen LogP contribution >= 0.6 is 11.3 Å². The fourth-order valence-electron chi connectivity index (χ4n) is 1.79. The Morgan fingerprint density at radius 3 is 2.52 bits per heavy atom. The monoisotopic (exact) mass is 328 g/mol. The number of sulfonamides is 1. The Morgan fingerprint density at radius 1 is 1.14 bits per heavy atom. The molecule has 0 bridgehead atoms. The highest BCUT2D eigenvalue weighted by Crippen LogP contribution is 2.22. The van der Waals surface area contributed by atoms with Crippen molar-refractivity contribution in [1.82, 2.24) is 10.0 Å². The fourth-order valence-corrected chi connectivity index (χ4v) is 4.22. The molecule has 0 aliphatic carbocycles. The molecule has 2 rings (SSSR count). The Balaban J connectivity index is 2.08. The molecule has 1 aromatic heterocycles. The van der Waals surface area contributed by atoms with Gasteiger partial charge >= 0.3 is 0 Å². The van der Waals surface area contributed by atoms with Crippen LogP contribution in [0.3, 0.4) is 0 Å². The standard InChI is InChI=1S/C14H17FN2O2S2/c1-2-16-10-13-14(7-8-20-13)21(18,19)17-9-11-3-5-12(15)6-4-11/h3-8,16-17H,2,9-10H2,1H3. The average Bonchev–Trinajstić information content (AvgIpc) is 2.94. The van der Waals surface area contributed by atoms with Crippen molar-refractivity contribution in [3.63, 3.8) is 0 Å². The summed E-state index contributed by atoms with van der Waals surface area (Å²) in [7, 11) is -3.56. The maximum absolute atomic E-state index is 12.8. The molecule has 1 aromatic carbocycles. The molecule has 0 amide bonds. The fraction of sp³-hybridized carbons (Fsp3) is 0.286. The smallest absolute Gasteiger partial charge is 0.242 e. The van der Waals surface area contributed by atoms with E-state index in [1.807, 2.05) is 6.92 Å². The zero-order chi connectivity index (χ0) is 15.3. The molecule has 0 unspecified atom stereocenters. The predicted octanol–water partition coefficient (Wildman–Crippen LogP) is 2.48. The van der Waals surface area contributed by atoms with Crippen molar-refractivity contribution in [2.45, 2.75) is 24.9 Å². The van der Waals surface area contributed by atoms with Gasteiger partial charge in [0.1, 0.15) is 5.82 Å². The third-order valence-corrected chi connectivity index (χ3v) is 5.45. The molecule has 21 heavy (non-hydrogen) atoms. The second-order valence-electron chi connectivity index (χ2n) is 4.44. The Hall–Kier alpha value is -1.28. The second-order valence-corrected chi connectivity index (χ2v) is 7.18. The maximum Gasteiger partial charge on any atom is 0.242 e. The van der Waals surface area contributed by atoms with Gasteiger partial charge < -0.3 is 5.32 Å². The van der Waals surface area contributed by atoms with Crippen molar-refractivity contribution in [2.24, 2.45) is 0 Å². The first-order chi connectivity index (χ1) is 10.0. The zero-order valence-corrected chi connectivity index (χ0v) is 13.2. The lowest BCUT2D eigenvalue weighted by Crippen LogP contribution is -2.24. The normalized spacial score (nSPS) is 11.7. The average molecular weight is 328 g/mol. The van der Waals surface area contributed by atoms with Crippen molar-refractivity contribution in [3.05, 3.63) is 52.0 Å². The Morgan fingerprint density at radius 2 is 1.86 bits per heavy atom. The van der Waals surface area contributed by atoms with E-state index in [9.17, 15) is 12.8 Å². The number of thiophene rings is 1. The zero-order valence-electron chi connectivity index (χ0n) is 11.6. The molecule has 0 saturated carbocycles. The highest BCUT2D eigenvalue weighted by Gasteiger charge is 2.19. The van der Waals surface area contributed by atoms with E-state index in [2.05, 4.69) is 10.0 Å². The van der Waals surface area contributed by atoms with Crippen molar-refractivity contribution in [1.29, 1.82) is 0 Å². The lowest BCUT2D eigenvalue weighted by molar-refractivity contribution is 0.579. The first-order valence-electron chi connectivity index (χ1n) is 6.54. The van der Waals surface area contributed by atoms with Gasteiger partial charge in [-0.3, -0.25) is 0 Å². The van der Waals surface area contributed by atoms with Crippen LogP contribution in [-0.2, 0) is 23.1 Å². The molecule has 0 aliphatic heterocycles. The summed E-state index contributed by atoms with van der Waals surface area (Å²) in [6.07, 6.45) is 0. The van der Waals surface area contributed by atoms with Crippen LogP contribution in [0, 0.1) is 5.82 Å². The van der Waals surface area contributed by atoms with E-state index in [1.54, 1.807) is 23.6 Å². The largest absolute Gasteiger partial charge is 0.312 e. The highest BCUT2D eigenvalue weighted by molar-refractivity contribution is 7.89. The number of benzene rings is 1. The molecule has 0 aliphatic rings. The van der Waals surface area contributed by atoms with Gasteiger partial charge in [-0.05, 0) is 35.7 Å². The minimum absolute atomic E-state index is 0.138. The summed E-state index contributed by atoms with van der Waals surface area (Å²) in [5.41, 5.74) is 0.712. The van der Waals surface area contributed by atoms with Crippen molar-refractivity contribution in [3.8, 4) is 0 Å². The molecule has 1 heterocycles. The lowest BCUT2D eigenvalue weighted by atomic mass is 10.2. The molecule has 0 fully saturated rings. The van der Waals surface area contributed by atoms with Gasteiger partial charge in [0.25, 0.3) is 0 Å². The topological polar surface area (TPSA) is 58.2 Å². The Labute approximate surface area is 128 Å². The van der Waals surface area contributed by atoms with Gasteiger partial charge in [-0.25, -0.2) is 17.5 Å². The number of hydrogen-bond acceptors (Lipinski definition) is 4. The SMILES string of the molecule is CCNCc1sccc1S(=O)(=O)NCc1ccc(F)cc1. The number of nitrogens with one attached hydrogen (secondary N) is 2. The Bertz CT molecular complexity index is 681. The van der Waals surface area contributed by atoms with E-state index in [-0.39, 0.29) is 12.4 Å². The second kappa shape index (κ2) is 7.13. The molecule has 2 N–H and O–H groups in total. The van der Waals surface area contributed by atoms with Crippen LogP contribution < -0.4 is 10.0 Å². The minimum Gasteiger partial charge on any atom is -0.312 e. The van der Waals surface area contributed by atoms with Crippen LogP contribution in [-0.4, -0.2) is 15.0 Å². The van der Waals surface area contributed by atoms with Gasteiger partial charge in [0.05, 0.1) is 4.90 Å². The predicted molar refractivity (Wildman–Crippen MR) is 82.1 cm³/mol. The van der Waals surface area contributed by atoms with E-state index < -0.39 is 10.0 Å². The minimum atomic E-state index is -3.56. The van der Waals surface area contributed by atoms with E-state index >= 15 is 0 Å². The molecule has 0 spiro atoms. The molecular weight excluding hydrogens is 311 g/mol. The summed E-state index contributed by atoms with van der Waals surface area (Å²) in [6.45, 7) is 3.41. The first kappa shape index (κ1) is 16.1. The number of halogens is 1. The van der Waals surface area contributed by atoms with Gasteiger partial charge in [-0.1, -0.05) is 19.1 Å². The summed E-state index contributed by atoms with van der Waals surface area (Å²) in [6, 6.07) is 7.34. The van der Waals surface area contributed by atoms with Crippen LogP contribution in [0.15, 0.2) is 40.6 Å². The van der Waals surface area contributed by atoms with Gasteiger partial charge in [0.15, 0.2) is 0 Å². The van der Waals surface area contributed by atoms with Crippen LogP contribution in [0.2, 0.25) is 0 Å². The van der Waals surface area contributed by atoms with E-state index in [0.717, 1.165) is 11.4 Å². The third-order valence-electron chi connectivity index (χ3n) is 2.91. The molecular formula is C14H17FN2O2S2. The van der Waals surface area contributed by atoms with Crippen LogP contribution in [0.4, 0.5) is 4.39 Å². The maximum atomic E-state index is 12.8. The number of rotatable bonds is 7. The van der Waals surface area contributed by atoms with E-state index in [1.165, 1.54) is 23.5 Å². The highest BCUT2D eigenvalue weighted by atomic mass is 32.2. The third kappa shape index (κ3) is 4.34. The lowest BCUT2D eigenvalue weighted by Gasteiger charge is -2.08. The van der Waals surface area contributed by atoms with Crippen molar-refractivity contribution in [2.75, 3.05) is 6.54 Å². The molecule has 4 nitrogen and oxygen atoms in total. The van der Waals surface area contributed by atoms with E-state index in [4.69, 9.17) is 0 Å².